The van der Waals surface area contributed by atoms with E-state index in [9.17, 15) is 0 Å². The highest BCUT2D eigenvalue weighted by Crippen LogP contribution is 2.53. The molecule has 0 bridgehead atoms. The van der Waals surface area contributed by atoms with Crippen LogP contribution in [0, 0.1) is 0 Å². The molecule has 0 radical (unpaired) electrons. The number of anilines is 2. The third-order valence-corrected chi connectivity index (χ3v) is 9.47. The van der Waals surface area contributed by atoms with Crippen LogP contribution in [0.5, 0.6) is 0 Å². The number of hydrogen-bond donors (Lipinski definition) is 0. The number of rotatable bonds is 10. The SMILES string of the molecule is C=C/C=C\C(C)=C(/C)c1ccc(N(CC2=CC(C/C=C\C)=C2)c2ccc3c(c2)C2(CCCCC2)/C(=C/C=C\C)C3)cc1. The van der Waals surface area contributed by atoms with Crippen LogP contribution >= 0.6 is 0 Å². The largest absolute Gasteiger partial charge is 0.337 e. The Hall–Kier alpha value is -3.84. The summed E-state index contributed by atoms with van der Waals surface area (Å²) < 4.78 is 0. The normalized spacial score (nSPS) is 19.3. The van der Waals surface area contributed by atoms with E-state index in [4.69, 9.17) is 0 Å². The van der Waals surface area contributed by atoms with Gasteiger partial charge in [-0.05, 0) is 117 Å². The Labute approximate surface area is 254 Å². The summed E-state index contributed by atoms with van der Waals surface area (Å²) in [6, 6.07) is 16.5. The second kappa shape index (κ2) is 13.4. The van der Waals surface area contributed by atoms with Gasteiger partial charge in [-0.3, -0.25) is 0 Å². The van der Waals surface area contributed by atoms with Gasteiger partial charge in [-0.15, -0.1) is 0 Å². The molecule has 3 aliphatic carbocycles. The zero-order valence-electron chi connectivity index (χ0n) is 26.1. The lowest BCUT2D eigenvalue weighted by atomic mass is 9.68. The zero-order chi connectivity index (χ0) is 29.5. The summed E-state index contributed by atoms with van der Waals surface area (Å²) in [5, 5.41) is 0. The van der Waals surface area contributed by atoms with E-state index in [1.807, 2.05) is 12.2 Å². The van der Waals surface area contributed by atoms with E-state index in [-0.39, 0.29) is 5.41 Å². The van der Waals surface area contributed by atoms with Gasteiger partial charge in [-0.25, -0.2) is 0 Å². The third kappa shape index (κ3) is 6.16. The third-order valence-electron chi connectivity index (χ3n) is 9.47. The van der Waals surface area contributed by atoms with Crippen LogP contribution in [0.4, 0.5) is 11.4 Å². The van der Waals surface area contributed by atoms with Crippen molar-refractivity contribution in [2.45, 2.75) is 78.1 Å². The number of benzene rings is 2. The summed E-state index contributed by atoms with van der Waals surface area (Å²) in [6.45, 7) is 13.3. The van der Waals surface area contributed by atoms with Gasteiger partial charge in [-0.1, -0.05) is 110 Å². The van der Waals surface area contributed by atoms with Crippen LogP contribution in [-0.2, 0) is 11.8 Å². The van der Waals surface area contributed by atoms with Crippen LogP contribution in [0.15, 0.2) is 132 Å². The van der Waals surface area contributed by atoms with Crippen LogP contribution in [0.3, 0.4) is 0 Å². The summed E-state index contributed by atoms with van der Waals surface area (Å²) in [5.74, 6) is 0. The number of hydrogen-bond acceptors (Lipinski definition) is 1. The first-order valence-corrected chi connectivity index (χ1v) is 15.8. The predicted octanol–water partition coefficient (Wildman–Crippen LogP) is 11.5. The van der Waals surface area contributed by atoms with Gasteiger partial charge < -0.3 is 4.90 Å². The molecule has 0 saturated heterocycles. The summed E-state index contributed by atoms with van der Waals surface area (Å²) >= 11 is 0. The van der Waals surface area contributed by atoms with E-state index in [1.54, 1.807) is 11.1 Å². The zero-order valence-corrected chi connectivity index (χ0v) is 26.1. The molecular weight excluding hydrogens is 506 g/mol. The van der Waals surface area contributed by atoms with Crippen molar-refractivity contribution >= 4 is 16.9 Å². The molecule has 0 heterocycles. The van der Waals surface area contributed by atoms with Crippen LogP contribution < -0.4 is 4.90 Å². The lowest BCUT2D eigenvalue weighted by molar-refractivity contribution is 0.347. The molecule has 1 saturated carbocycles. The summed E-state index contributed by atoms with van der Waals surface area (Å²) in [4.78, 5) is 2.52. The molecular formula is C41H47N. The quantitative estimate of drug-likeness (QED) is 0.209. The fourth-order valence-corrected chi connectivity index (χ4v) is 6.95. The summed E-state index contributed by atoms with van der Waals surface area (Å²) in [5.41, 5.74) is 14.1. The lowest BCUT2D eigenvalue weighted by Gasteiger charge is -2.37. The molecule has 1 nitrogen and oxygen atoms in total. The molecule has 216 valence electrons. The van der Waals surface area contributed by atoms with Gasteiger partial charge in [0.15, 0.2) is 0 Å². The van der Waals surface area contributed by atoms with Crippen LogP contribution in [-0.4, -0.2) is 6.54 Å². The van der Waals surface area contributed by atoms with Gasteiger partial charge in [0.05, 0.1) is 0 Å². The van der Waals surface area contributed by atoms with Crippen molar-refractivity contribution in [3.05, 3.63) is 149 Å². The highest BCUT2D eigenvalue weighted by atomic mass is 15.1. The fourth-order valence-electron chi connectivity index (χ4n) is 6.95. The van der Waals surface area contributed by atoms with E-state index >= 15 is 0 Å². The average Bonchev–Trinajstić information content (AvgIpc) is 3.29. The maximum absolute atomic E-state index is 3.81. The van der Waals surface area contributed by atoms with E-state index < -0.39 is 0 Å². The number of allylic oxidation sites excluding steroid dienone is 13. The Bertz CT molecular complexity index is 1510. The minimum absolute atomic E-state index is 0.201. The number of fused-ring (bicyclic) bond motifs is 2. The van der Waals surface area contributed by atoms with E-state index in [1.165, 1.54) is 76.9 Å². The van der Waals surface area contributed by atoms with Crippen LogP contribution in [0.25, 0.3) is 5.57 Å². The molecule has 1 fully saturated rings. The van der Waals surface area contributed by atoms with Gasteiger partial charge in [0, 0.05) is 23.3 Å². The highest BCUT2D eigenvalue weighted by Gasteiger charge is 2.43. The van der Waals surface area contributed by atoms with Crippen molar-refractivity contribution in [3.63, 3.8) is 0 Å². The first kappa shape index (κ1) is 29.6. The predicted molar refractivity (Wildman–Crippen MR) is 184 cm³/mol. The molecule has 5 rings (SSSR count). The Balaban J connectivity index is 1.52. The van der Waals surface area contributed by atoms with Gasteiger partial charge >= 0.3 is 0 Å². The Morgan fingerprint density at radius 1 is 0.881 bits per heavy atom. The molecule has 0 aromatic heterocycles. The maximum atomic E-state index is 3.81. The molecule has 42 heavy (non-hydrogen) atoms. The van der Waals surface area contributed by atoms with Crippen LogP contribution in [0.1, 0.15) is 82.9 Å². The molecule has 0 unspecified atom stereocenters. The Morgan fingerprint density at radius 2 is 1.62 bits per heavy atom. The summed E-state index contributed by atoms with van der Waals surface area (Å²) in [6.07, 6.45) is 30.6. The molecule has 0 N–H and O–H groups in total. The monoisotopic (exact) mass is 553 g/mol. The van der Waals surface area contributed by atoms with Crippen molar-refractivity contribution < 1.29 is 0 Å². The molecule has 3 aliphatic rings. The number of nitrogens with zero attached hydrogens (tertiary/aromatic N) is 1. The summed E-state index contributed by atoms with van der Waals surface area (Å²) in [7, 11) is 0. The first-order valence-electron chi connectivity index (χ1n) is 15.8. The second-order valence-corrected chi connectivity index (χ2v) is 12.1. The second-order valence-electron chi connectivity index (χ2n) is 12.1. The van der Waals surface area contributed by atoms with Gasteiger partial charge in [-0.2, -0.15) is 0 Å². The van der Waals surface area contributed by atoms with Crippen molar-refractivity contribution in [2.24, 2.45) is 0 Å². The van der Waals surface area contributed by atoms with E-state index in [0.717, 1.165) is 19.4 Å². The van der Waals surface area contributed by atoms with Crippen molar-refractivity contribution in [1.82, 2.24) is 0 Å². The lowest BCUT2D eigenvalue weighted by Crippen LogP contribution is -2.29. The molecule has 1 heteroatoms. The maximum Gasteiger partial charge on any atom is 0.0481 e. The topological polar surface area (TPSA) is 3.24 Å². The Morgan fingerprint density at radius 3 is 2.31 bits per heavy atom. The molecule has 0 atom stereocenters. The molecule has 2 aromatic rings. The molecule has 1 spiro atoms. The molecule has 0 aliphatic heterocycles. The van der Waals surface area contributed by atoms with Crippen molar-refractivity contribution in [1.29, 1.82) is 0 Å². The van der Waals surface area contributed by atoms with Crippen LogP contribution in [0.2, 0.25) is 0 Å². The minimum Gasteiger partial charge on any atom is -0.337 e. The van der Waals surface area contributed by atoms with Crippen molar-refractivity contribution in [2.75, 3.05) is 11.4 Å². The van der Waals surface area contributed by atoms with Gasteiger partial charge in [0.25, 0.3) is 0 Å². The minimum atomic E-state index is 0.201. The van der Waals surface area contributed by atoms with Gasteiger partial charge in [0.1, 0.15) is 0 Å². The first-order chi connectivity index (χ1) is 20.5. The molecule has 0 amide bonds. The van der Waals surface area contributed by atoms with Gasteiger partial charge in [0.2, 0.25) is 0 Å². The van der Waals surface area contributed by atoms with E-state index in [2.05, 4.69) is 130 Å². The Kier molecular flexibility index (Phi) is 9.48. The smallest absolute Gasteiger partial charge is 0.0481 e. The average molecular weight is 554 g/mol. The molecule has 2 aromatic carbocycles. The van der Waals surface area contributed by atoms with Crippen molar-refractivity contribution in [3.8, 4) is 0 Å². The van der Waals surface area contributed by atoms with E-state index in [0.29, 0.717) is 0 Å². The highest BCUT2D eigenvalue weighted by molar-refractivity contribution is 5.73. The standard InChI is InChI=1S/C41H47N/c1-6-9-15-31(4)32(5)35-18-21-38(22-19-35)42(30-34-26-33(27-34)16-10-7-2)39-23-20-36-28-37(17-11-8-3)41(40(36)29-39)24-13-12-14-25-41/h6-11,15,17-23,26-27,29H,1,12-14,16,24-25,28,30H2,2-5H3/b10-7-,11-8-,15-9-,32-31+,37-17+. The fraction of sp³-hybridized carbons (Fsp3) is 0.317.